The summed E-state index contributed by atoms with van der Waals surface area (Å²) in [6.45, 7) is 15.1. The van der Waals surface area contributed by atoms with Crippen LogP contribution in [0.4, 0.5) is 0 Å². The lowest BCUT2D eigenvalue weighted by atomic mass is 9.92. The van der Waals surface area contributed by atoms with Crippen molar-refractivity contribution in [3.8, 4) is 0 Å². The first-order valence-corrected chi connectivity index (χ1v) is 16.2. The van der Waals surface area contributed by atoms with Crippen molar-refractivity contribution in [3.05, 3.63) is 71.8 Å². The standard InChI is InChI=1S/C26H41N5O5.C7H8.C3H8/c1-16(2)11-20(24(34)18(5)25(35)28-14-19-9-7-6-8-10-19)30-23(33)15-29-26(36)21(12-17(3)4)31-22(32)13-27;1-7-5-3-2-4-6-7;1-3-2/h6-10,16-18,20-21H,11-15,27H2,1-5H3,(H,28,35)(H,29,36)(H,30,33)(H,31,32);2-6H,1H3;3H2,1-2H3/t18?,20-,21?;;/m0../s1. The fraction of sp³-hybridized carbons (Fsp3) is 0.528. The molecule has 6 N–H and O–H groups in total. The second-order valence-electron chi connectivity index (χ2n) is 12.1. The van der Waals surface area contributed by atoms with Gasteiger partial charge in [0.1, 0.15) is 6.04 Å². The van der Waals surface area contributed by atoms with Crippen LogP contribution in [-0.2, 0) is 30.5 Å². The first-order valence-electron chi connectivity index (χ1n) is 16.2. The Morgan fingerprint density at radius 2 is 1.15 bits per heavy atom. The summed E-state index contributed by atoms with van der Waals surface area (Å²) in [6, 6.07) is 17.9. The molecule has 0 spiro atoms. The molecule has 4 amide bonds. The zero-order chi connectivity index (χ0) is 35.1. The van der Waals surface area contributed by atoms with Crippen LogP contribution in [0.5, 0.6) is 0 Å². The van der Waals surface area contributed by atoms with Crippen LogP contribution in [0.15, 0.2) is 60.7 Å². The second kappa shape index (κ2) is 24.2. The predicted octanol–water partition coefficient (Wildman–Crippen LogP) is 4.06. The van der Waals surface area contributed by atoms with E-state index >= 15 is 0 Å². The van der Waals surface area contributed by atoms with E-state index in [0.29, 0.717) is 19.4 Å². The van der Waals surface area contributed by atoms with Gasteiger partial charge in [-0.15, -0.1) is 0 Å². The van der Waals surface area contributed by atoms with Gasteiger partial charge in [0.2, 0.25) is 23.6 Å². The van der Waals surface area contributed by atoms with E-state index in [4.69, 9.17) is 5.73 Å². The Labute approximate surface area is 276 Å². The molecule has 3 atom stereocenters. The molecule has 2 aromatic rings. The fourth-order valence-electron chi connectivity index (χ4n) is 4.11. The molecule has 0 radical (unpaired) electrons. The minimum Gasteiger partial charge on any atom is -0.351 e. The van der Waals surface area contributed by atoms with Crippen LogP contribution in [0.3, 0.4) is 0 Å². The van der Waals surface area contributed by atoms with Crippen LogP contribution >= 0.6 is 0 Å². The van der Waals surface area contributed by atoms with E-state index in [-0.39, 0.29) is 24.9 Å². The lowest BCUT2D eigenvalue weighted by molar-refractivity contribution is -0.137. The molecule has 2 aromatic carbocycles. The van der Waals surface area contributed by atoms with Crippen LogP contribution < -0.4 is 27.0 Å². The minimum atomic E-state index is -0.964. The number of hydrogen-bond acceptors (Lipinski definition) is 6. The maximum absolute atomic E-state index is 13.1. The smallest absolute Gasteiger partial charge is 0.243 e. The first-order chi connectivity index (χ1) is 21.7. The summed E-state index contributed by atoms with van der Waals surface area (Å²) in [7, 11) is 0. The maximum Gasteiger partial charge on any atom is 0.243 e. The average molecular weight is 640 g/mol. The van der Waals surface area contributed by atoms with Gasteiger partial charge in [0.05, 0.1) is 25.0 Å². The highest BCUT2D eigenvalue weighted by Crippen LogP contribution is 2.12. The zero-order valence-corrected chi connectivity index (χ0v) is 29.0. The van der Waals surface area contributed by atoms with Crippen molar-refractivity contribution in [1.29, 1.82) is 0 Å². The normalized spacial score (nSPS) is 12.2. The van der Waals surface area contributed by atoms with Crippen molar-refractivity contribution in [1.82, 2.24) is 21.3 Å². The van der Waals surface area contributed by atoms with Gasteiger partial charge < -0.3 is 27.0 Å². The van der Waals surface area contributed by atoms with E-state index in [1.54, 1.807) is 0 Å². The highest BCUT2D eigenvalue weighted by Gasteiger charge is 2.30. The Bertz CT molecular complexity index is 1170. The monoisotopic (exact) mass is 639 g/mol. The second-order valence-corrected chi connectivity index (χ2v) is 12.1. The number of hydrogen-bond donors (Lipinski definition) is 5. The molecule has 0 fully saturated rings. The van der Waals surface area contributed by atoms with Gasteiger partial charge >= 0.3 is 0 Å². The molecule has 10 nitrogen and oxygen atoms in total. The number of carbonyl (C=O) groups is 5. The summed E-state index contributed by atoms with van der Waals surface area (Å²) in [5, 5.41) is 10.5. The molecule has 0 bridgehead atoms. The molecule has 46 heavy (non-hydrogen) atoms. The number of nitrogens with one attached hydrogen (secondary N) is 4. The van der Waals surface area contributed by atoms with Crippen molar-refractivity contribution >= 4 is 29.4 Å². The highest BCUT2D eigenvalue weighted by molar-refractivity contribution is 6.04. The molecule has 0 aliphatic heterocycles. The zero-order valence-electron chi connectivity index (χ0n) is 29.0. The van der Waals surface area contributed by atoms with E-state index in [2.05, 4.69) is 54.2 Å². The highest BCUT2D eigenvalue weighted by atomic mass is 16.2. The largest absolute Gasteiger partial charge is 0.351 e. The van der Waals surface area contributed by atoms with Gasteiger partial charge in [-0.2, -0.15) is 0 Å². The van der Waals surface area contributed by atoms with Crippen molar-refractivity contribution in [3.63, 3.8) is 0 Å². The van der Waals surface area contributed by atoms with E-state index in [9.17, 15) is 24.0 Å². The SMILES string of the molecule is CC(C)CC(NC(=O)CN)C(=O)NCC(=O)N[C@@H](CC(C)C)C(=O)C(C)C(=O)NCc1ccccc1.CCC.Cc1ccccc1. The van der Waals surface area contributed by atoms with Crippen molar-refractivity contribution in [2.24, 2.45) is 23.5 Å². The van der Waals surface area contributed by atoms with Gasteiger partial charge in [-0.1, -0.05) is 114 Å². The molecule has 256 valence electrons. The van der Waals surface area contributed by atoms with Crippen molar-refractivity contribution in [2.45, 2.75) is 93.3 Å². The Morgan fingerprint density at radius 3 is 1.61 bits per heavy atom. The van der Waals surface area contributed by atoms with Crippen LogP contribution in [0, 0.1) is 24.7 Å². The van der Waals surface area contributed by atoms with E-state index in [0.717, 1.165) is 5.56 Å². The maximum atomic E-state index is 13.1. The third-order valence-corrected chi connectivity index (χ3v) is 6.42. The molecule has 2 unspecified atom stereocenters. The number of aryl methyl sites for hydroxylation is 1. The predicted molar refractivity (Wildman–Crippen MR) is 184 cm³/mol. The number of nitrogens with two attached hydrogens (primary N) is 1. The van der Waals surface area contributed by atoms with Crippen LogP contribution in [0.2, 0.25) is 0 Å². The number of benzene rings is 2. The summed E-state index contributed by atoms with van der Waals surface area (Å²) in [5.74, 6) is -3.13. The van der Waals surface area contributed by atoms with Gasteiger partial charge in [-0.25, -0.2) is 0 Å². The van der Waals surface area contributed by atoms with E-state index in [1.165, 1.54) is 18.9 Å². The quantitative estimate of drug-likeness (QED) is 0.185. The number of rotatable bonds is 15. The number of carbonyl (C=O) groups excluding carboxylic acids is 5. The summed E-state index contributed by atoms with van der Waals surface area (Å²) in [6.07, 6.45) is 1.97. The van der Waals surface area contributed by atoms with Crippen LogP contribution in [0.25, 0.3) is 0 Å². The van der Waals surface area contributed by atoms with Crippen molar-refractivity contribution in [2.75, 3.05) is 13.1 Å². The average Bonchev–Trinajstić information content (AvgIpc) is 3.02. The third kappa shape index (κ3) is 19.4. The van der Waals surface area contributed by atoms with Crippen molar-refractivity contribution < 1.29 is 24.0 Å². The van der Waals surface area contributed by atoms with E-state index < -0.39 is 47.4 Å². The summed E-state index contributed by atoms with van der Waals surface area (Å²) in [5.41, 5.74) is 7.55. The van der Waals surface area contributed by atoms with Crippen LogP contribution in [0.1, 0.15) is 78.9 Å². The Kier molecular flexibility index (Phi) is 22.1. The summed E-state index contributed by atoms with van der Waals surface area (Å²) >= 11 is 0. The van der Waals surface area contributed by atoms with Gasteiger partial charge in [0.15, 0.2) is 5.78 Å². The fourth-order valence-corrected chi connectivity index (χ4v) is 4.11. The number of amides is 4. The van der Waals surface area contributed by atoms with Crippen LogP contribution in [-0.4, -0.2) is 54.6 Å². The molecule has 0 aliphatic rings. The van der Waals surface area contributed by atoms with E-state index in [1.807, 2.05) is 76.2 Å². The van der Waals surface area contributed by atoms with Gasteiger partial charge in [0.25, 0.3) is 0 Å². The molecule has 0 aliphatic carbocycles. The Hall–Kier alpha value is -4.05. The summed E-state index contributed by atoms with van der Waals surface area (Å²) in [4.78, 5) is 62.4. The number of Topliss-reactive ketones (excluding diaryl/α,β-unsaturated/α-hetero) is 1. The molecule has 2 rings (SSSR count). The number of ketones is 1. The Morgan fingerprint density at radius 1 is 0.674 bits per heavy atom. The molecule has 0 aromatic heterocycles. The molecular weight excluding hydrogens is 582 g/mol. The third-order valence-electron chi connectivity index (χ3n) is 6.42. The lowest BCUT2D eigenvalue weighted by Gasteiger charge is -2.23. The van der Waals surface area contributed by atoms with Gasteiger partial charge in [-0.05, 0) is 44.1 Å². The lowest BCUT2D eigenvalue weighted by Crippen LogP contribution is -2.53. The molecular formula is C36H57N5O5. The topological polar surface area (TPSA) is 159 Å². The molecule has 10 heteroatoms. The first kappa shape index (κ1) is 42.0. The van der Waals surface area contributed by atoms with Gasteiger partial charge in [0, 0.05) is 6.54 Å². The minimum absolute atomic E-state index is 0.0790. The van der Waals surface area contributed by atoms with Gasteiger partial charge in [-0.3, -0.25) is 24.0 Å². The molecule has 0 saturated carbocycles. The summed E-state index contributed by atoms with van der Waals surface area (Å²) < 4.78 is 0. The Balaban J connectivity index is 0.00000172. The molecule has 0 heterocycles. The molecule has 0 saturated heterocycles.